The fraction of sp³-hybridized carbons (Fsp3) is 0.200. The summed E-state index contributed by atoms with van der Waals surface area (Å²) in [4.78, 5) is 24.8. The van der Waals surface area contributed by atoms with Gasteiger partial charge in [-0.25, -0.2) is 8.42 Å². The number of carbonyl (C=O) groups is 2. The Labute approximate surface area is 193 Å². The Kier molecular flexibility index (Phi) is 7.63. The van der Waals surface area contributed by atoms with Gasteiger partial charge in [0.15, 0.2) is 5.78 Å². The maximum atomic E-state index is 13.1. The molecule has 2 N–H and O–H groups in total. The van der Waals surface area contributed by atoms with Gasteiger partial charge in [-0.1, -0.05) is 42.5 Å². The predicted molar refractivity (Wildman–Crippen MR) is 127 cm³/mol. The number of aryl methyl sites for hydroxylation is 1. The summed E-state index contributed by atoms with van der Waals surface area (Å²) in [5, 5.41) is 2.72. The minimum atomic E-state index is -4.01. The number of nitrogens with one attached hydrogen (secondary N) is 2. The lowest BCUT2D eigenvalue weighted by Crippen LogP contribution is -2.45. The zero-order chi connectivity index (χ0) is 24.0. The molecule has 1 amide bonds. The van der Waals surface area contributed by atoms with Crippen molar-refractivity contribution >= 4 is 27.4 Å². The number of methoxy groups -OCH3 is 1. The van der Waals surface area contributed by atoms with Gasteiger partial charge in [-0.05, 0) is 61.7 Å². The molecule has 3 aromatic carbocycles. The average Bonchev–Trinajstić information content (AvgIpc) is 2.79. The first kappa shape index (κ1) is 24.2. The van der Waals surface area contributed by atoms with Crippen molar-refractivity contribution in [2.75, 3.05) is 12.4 Å². The number of rotatable bonds is 9. The quantitative estimate of drug-likeness (QED) is 0.468. The van der Waals surface area contributed by atoms with Crippen LogP contribution in [0.4, 0.5) is 5.69 Å². The van der Waals surface area contributed by atoms with E-state index in [4.69, 9.17) is 4.74 Å². The van der Waals surface area contributed by atoms with Crippen LogP contribution in [0, 0.1) is 6.92 Å². The van der Waals surface area contributed by atoms with Crippen LogP contribution < -0.4 is 14.8 Å². The smallest absolute Gasteiger partial charge is 0.242 e. The van der Waals surface area contributed by atoms with E-state index < -0.39 is 22.0 Å². The molecule has 7 nitrogen and oxygen atoms in total. The fourth-order valence-corrected chi connectivity index (χ4v) is 4.64. The maximum Gasteiger partial charge on any atom is 0.242 e. The summed E-state index contributed by atoms with van der Waals surface area (Å²) in [6.45, 7) is 3.18. The van der Waals surface area contributed by atoms with E-state index in [1.54, 1.807) is 37.3 Å². The highest BCUT2D eigenvalue weighted by Crippen LogP contribution is 2.22. The topological polar surface area (TPSA) is 102 Å². The summed E-state index contributed by atoms with van der Waals surface area (Å²) < 4.78 is 33.9. The maximum absolute atomic E-state index is 13.1. The highest BCUT2D eigenvalue weighted by atomic mass is 32.2. The molecule has 0 fully saturated rings. The molecule has 8 heteroatoms. The van der Waals surface area contributed by atoms with Gasteiger partial charge in [-0.3, -0.25) is 9.59 Å². The molecule has 3 rings (SSSR count). The van der Waals surface area contributed by atoms with Gasteiger partial charge in [0, 0.05) is 11.3 Å². The molecule has 33 heavy (non-hydrogen) atoms. The molecule has 1 atom stereocenters. The van der Waals surface area contributed by atoms with E-state index >= 15 is 0 Å². The third-order valence-electron chi connectivity index (χ3n) is 5.11. The van der Waals surface area contributed by atoms with Crippen molar-refractivity contribution in [3.05, 3.63) is 89.5 Å². The van der Waals surface area contributed by atoms with E-state index in [1.165, 1.54) is 26.2 Å². The second-order valence-electron chi connectivity index (χ2n) is 7.62. The summed E-state index contributed by atoms with van der Waals surface area (Å²) in [5.41, 5.74) is 2.31. The van der Waals surface area contributed by atoms with E-state index in [2.05, 4.69) is 10.0 Å². The molecule has 0 spiro atoms. The van der Waals surface area contributed by atoms with Crippen LogP contribution in [-0.2, 0) is 21.2 Å². The number of sulfonamides is 1. The summed E-state index contributed by atoms with van der Waals surface area (Å²) in [7, 11) is -2.50. The number of benzene rings is 3. The molecule has 0 aromatic heterocycles. The molecule has 0 saturated carbocycles. The number of amides is 1. The third kappa shape index (κ3) is 6.27. The lowest BCUT2D eigenvalue weighted by atomic mass is 10.1. The first-order valence-corrected chi connectivity index (χ1v) is 11.8. The third-order valence-corrected chi connectivity index (χ3v) is 6.58. The van der Waals surface area contributed by atoms with Crippen molar-refractivity contribution in [3.63, 3.8) is 0 Å². The number of carbonyl (C=O) groups excluding carboxylic acids is 2. The van der Waals surface area contributed by atoms with Gasteiger partial charge in [0.05, 0.1) is 12.0 Å². The van der Waals surface area contributed by atoms with E-state index in [-0.39, 0.29) is 17.1 Å². The second kappa shape index (κ2) is 10.4. The largest absolute Gasteiger partial charge is 0.496 e. The second-order valence-corrected chi connectivity index (χ2v) is 9.34. The molecule has 0 radical (unpaired) electrons. The van der Waals surface area contributed by atoms with Crippen LogP contribution >= 0.6 is 0 Å². The normalized spacial score (nSPS) is 12.1. The lowest BCUT2D eigenvalue weighted by molar-refractivity contribution is -0.117. The average molecular weight is 467 g/mol. The van der Waals surface area contributed by atoms with Gasteiger partial charge in [0.2, 0.25) is 15.9 Å². The lowest BCUT2D eigenvalue weighted by Gasteiger charge is -2.19. The number of hydrogen-bond acceptors (Lipinski definition) is 5. The number of hydrogen-bond donors (Lipinski definition) is 2. The van der Waals surface area contributed by atoms with E-state index in [9.17, 15) is 18.0 Å². The summed E-state index contributed by atoms with van der Waals surface area (Å²) in [6.07, 6.45) is 0.146. The Morgan fingerprint density at radius 3 is 2.33 bits per heavy atom. The van der Waals surface area contributed by atoms with Gasteiger partial charge in [0.25, 0.3) is 0 Å². The number of ketones is 1. The molecule has 0 bridgehead atoms. The van der Waals surface area contributed by atoms with Crippen molar-refractivity contribution in [2.45, 2.75) is 31.2 Å². The molecule has 0 aliphatic carbocycles. The highest BCUT2D eigenvalue weighted by molar-refractivity contribution is 7.89. The van der Waals surface area contributed by atoms with Crippen LogP contribution in [0.1, 0.15) is 28.4 Å². The standard InChI is InChI=1S/C25H26N2O5S/c1-17-14-22(12-13-24(17)32-3)33(30,31)27-23(15-19-8-5-4-6-9-19)25(29)26-21-11-7-10-20(16-21)18(2)28/h4-14,16,23,27H,15H2,1-3H3,(H,26,29)/t23-/m0/s1. The van der Waals surface area contributed by atoms with Crippen LogP contribution in [0.15, 0.2) is 77.7 Å². The fourth-order valence-electron chi connectivity index (χ4n) is 3.36. The van der Waals surface area contributed by atoms with Crippen LogP contribution in [0.2, 0.25) is 0 Å². The van der Waals surface area contributed by atoms with Gasteiger partial charge < -0.3 is 10.1 Å². The molecule has 0 aliphatic heterocycles. The monoisotopic (exact) mass is 466 g/mol. The zero-order valence-corrected chi connectivity index (χ0v) is 19.5. The molecular weight excluding hydrogens is 440 g/mol. The number of anilines is 1. The first-order chi connectivity index (χ1) is 15.7. The van der Waals surface area contributed by atoms with E-state index in [0.717, 1.165) is 5.56 Å². The predicted octanol–water partition coefficient (Wildman–Crippen LogP) is 3.73. The van der Waals surface area contributed by atoms with Gasteiger partial charge in [0.1, 0.15) is 11.8 Å². The van der Waals surface area contributed by atoms with Crippen LogP contribution in [0.5, 0.6) is 5.75 Å². The molecule has 172 valence electrons. The van der Waals surface area contributed by atoms with E-state index in [0.29, 0.717) is 22.6 Å². The van der Waals surface area contributed by atoms with Crippen molar-refractivity contribution in [1.29, 1.82) is 0 Å². The Morgan fingerprint density at radius 2 is 1.70 bits per heavy atom. The minimum absolute atomic E-state index is 0.0326. The molecule has 0 heterocycles. The SMILES string of the molecule is COc1ccc(S(=O)(=O)N[C@@H](Cc2ccccc2)C(=O)Nc2cccc(C(C)=O)c2)cc1C. The molecule has 0 aliphatic rings. The van der Waals surface area contributed by atoms with Crippen molar-refractivity contribution in [1.82, 2.24) is 4.72 Å². The zero-order valence-electron chi connectivity index (χ0n) is 18.7. The van der Waals surface area contributed by atoms with Crippen molar-refractivity contribution < 1.29 is 22.7 Å². The van der Waals surface area contributed by atoms with Crippen LogP contribution in [0.3, 0.4) is 0 Å². The van der Waals surface area contributed by atoms with Crippen LogP contribution in [-0.4, -0.2) is 33.3 Å². The minimum Gasteiger partial charge on any atom is -0.496 e. The summed E-state index contributed by atoms with van der Waals surface area (Å²) in [5.74, 6) is -0.103. The first-order valence-electron chi connectivity index (χ1n) is 10.3. The Morgan fingerprint density at radius 1 is 0.970 bits per heavy atom. The summed E-state index contributed by atoms with van der Waals surface area (Å²) in [6, 6.07) is 19.1. The van der Waals surface area contributed by atoms with Crippen molar-refractivity contribution in [3.8, 4) is 5.75 Å². The van der Waals surface area contributed by atoms with Crippen LogP contribution in [0.25, 0.3) is 0 Å². The van der Waals surface area contributed by atoms with Gasteiger partial charge in [-0.2, -0.15) is 4.72 Å². The Bertz CT molecular complexity index is 1260. The Hall–Kier alpha value is -3.49. The molecule has 0 unspecified atom stereocenters. The van der Waals surface area contributed by atoms with Gasteiger partial charge in [-0.15, -0.1) is 0 Å². The number of Topliss-reactive ketones (excluding diaryl/α,β-unsaturated/α-hetero) is 1. The molecule has 3 aromatic rings. The van der Waals surface area contributed by atoms with E-state index in [1.807, 2.05) is 30.3 Å². The summed E-state index contributed by atoms with van der Waals surface area (Å²) >= 11 is 0. The highest BCUT2D eigenvalue weighted by Gasteiger charge is 2.27. The molecular formula is C25H26N2O5S. The van der Waals surface area contributed by atoms with Crippen molar-refractivity contribution in [2.24, 2.45) is 0 Å². The number of ether oxygens (including phenoxy) is 1. The van der Waals surface area contributed by atoms with Gasteiger partial charge >= 0.3 is 0 Å². The Balaban J connectivity index is 1.89. The molecule has 0 saturated heterocycles.